The van der Waals surface area contributed by atoms with Crippen molar-refractivity contribution in [3.63, 3.8) is 0 Å². The number of carbonyl (C=O) groups excluding carboxylic acids is 4. The molecule has 0 spiro atoms. The molecule has 6 rings (SSSR count). The van der Waals surface area contributed by atoms with E-state index >= 15 is 0 Å². The van der Waals surface area contributed by atoms with E-state index < -0.39 is 36.4 Å². The van der Waals surface area contributed by atoms with Crippen LogP contribution < -0.4 is 10.6 Å². The number of benzene rings is 2. The van der Waals surface area contributed by atoms with Gasteiger partial charge in [0.25, 0.3) is 0 Å². The predicted molar refractivity (Wildman–Crippen MR) is 216 cm³/mol. The van der Waals surface area contributed by atoms with Crippen LogP contribution in [-0.2, 0) is 19.1 Å². The van der Waals surface area contributed by atoms with Gasteiger partial charge in [0.1, 0.15) is 23.7 Å². The Labute approximate surface area is 340 Å². The third kappa shape index (κ3) is 8.90. The van der Waals surface area contributed by atoms with E-state index in [1.165, 1.54) is 14.2 Å². The highest BCUT2D eigenvalue weighted by Gasteiger charge is 2.42. The molecule has 4 heterocycles. The highest BCUT2D eigenvalue weighted by molar-refractivity contribution is 6.31. The van der Waals surface area contributed by atoms with Gasteiger partial charge in [-0.25, -0.2) is 19.6 Å². The summed E-state index contributed by atoms with van der Waals surface area (Å²) in [4.78, 5) is 73.6. The number of nitrogens with zero attached hydrogens (tertiary/aromatic N) is 7. The molecule has 4 aromatic rings. The molecule has 2 aliphatic heterocycles. The van der Waals surface area contributed by atoms with E-state index in [1.54, 1.807) is 16.0 Å². The lowest BCUT2D eigenvalue weighted by Crippen LogP contribution is -2.51. The zero-order valence-electron chi connectivity index (χ0n) is 33.2. The van der Waals surface area contributed by atoms with Crippen LogP contribution >= 0.6 is 11.6 Å². The molecule has 5 atom stereocenters. The molecule has 4 N–H and O–H groups in total. The number of hydrogen-bond donors (Lipinski definition) is 4. The molecule has 306 valence electrons. The van der Waals surface area contributed by atoms with E-state index in [2.05, 4.69) is 40.6 Å². The minimum Gasteiger partial charge on any atom is -0.453 e. The highest BCUT2D eigenvalue weighted by atomic mass is 35.5. The zero-order chi connectivity index (χ0) is 41.7. The van der Waals surface area contributed by atoms with Crippen molar-refractivity contribution in [2.24, 2.45) is 17.0 Å². The summed E-state index contributed by atoms with van der Waals surface area (Å²) in [7, 11) is 2.51. The van der Waals surface area contributed by atoms with Gasteiger partial charge in [-0.1, -0.05) is 92.9 Å². The molecule has 0 aliphatic carbocycles. The summed E-state index contributed by atoms with van der Waals surface area (Å²) in [6.45, 7) is 8.13. The molecule has 2 saturated heterocycles. The molecule has 2 fully saturated rings. The maximum Gasteiger partial charge on any atom is 0.407 e. The minimum absolute atomic E-state index is 0.146. The summed E-state index contributed by atoms with van der Waals surface area (Å²) in [5.41, 5.74) is 14.2. The van der Waals surface area contributed by atoms with E-state index in [9.17, 15) is 19.2 Å². The number of aromatic amines is 2. The smallest absolute Gasteiger partial charge is 0.407 e. The van der Waals surface area contributed by atoms with Gasteiger partial charge >= 0.3 is 12.2 Å². The van der Waals surface area contributed by atoms with Crippen molar-refractivity contribution >= 4 is 35.6 Å². The number of hydrogen-bond acceptors (Lipinski definition) is 9. The normalized spacial score (nSPS) is 18.8. The summed E-state index contributed by atoms with van der Waals surface area (Å²) in [5.74, 6) is 0.251. The molecule has 58 heavy (non-hydrogen) atoms. The van der Waals surface area contributed by atoms with Gasteiger partial charge in [-0.05, 0) is 53.3 Å². The number of alkyl carbamates (subject to hydrolysis) is 2. The molecular weight excluding hydrogens is 766 g/mol. The largest absolute Gasteiger partial charge is 0.453 e. The molecule has 0 saturated carbocycles. The van der Waals surface area contributed by atoms with Crippen LogP contribution in [0.3, 0.4) is 0 Å². The van der Waals surface area contributed by atoms with E-state index in [0.717, 1.165) is 34.4 Å². The first-order chi connectivity index (χ1) is 27.8. The molecule has 0 unspecified atom stereocenters. The number of carbonyl (C=O) groups is 4. The zero-order valence-corrected chi connectivity index (χ0v) is 34.0. The van der Waals surface area contributed by atoms with Crippen molar-refractivity contribution in [3.8, 4) is 33.6 Å². The maximum atomic E-state index is 13.7. The van der Waals surface area contributed by atoms with Crippen LogP contribution in [0, 0.1) is 11.8 Å². The molecule has 17 nitrogen and oxygen atoms in total. The van der Waals surface area contributed by atoms with Gasteiger partial charge in [0.2, 0.25) is 11.8 Å². The summed E-state index contributed by atoms with van der Waals surface area (Å²) in [6, 6.07) is 13.0. The van der Waals surface area contributed by atoms with Gasteiger partial charge in [0.05, 0.1) is 49.9 Å². The number of methoxy groups -OCH3 is 2. The van der Waals surface area contributed by atoms with Crippen molar-refractivity contribution in [1.29, 1.82) is 0 Å². The van der Waals surface area contributed by atoms with Crippen LogP contribution in [-0.4, -0.2) is 99.2 Å². The number of aromatic nitrogens is 4. The second kappa shape index (κ2) is 18.0. The van der Waals surface area contributed by atoms with Crippen molar-refractivity contribution in [2.75, 3.05) is 27.3 Å². The summed E-state index contributed by atoms with van der Waals surface area (Å²) in [6.07, 6.45) is 2.22. The monoisotopic (exact) mass is 813 g/mol. The predicted octanol–water partition coefficient (Wildman–Crippen LogP) is 7.16. The second-order valence-electron chi connectivity index (χ2n) is 15.1. The van der Waals surface area contributed by atoms with Crippen LogP contribution in [0.25, 0.3) is 44.1 Å². The Morgan fingerprint density at radius 2 is 1.38 bits per heavy atom. The molecular formula is C40H48ClN11O6. The standard InChI is InChI=1S/C40H48ClN11O6/c1-21(2)31(46-39(55)57-5)37(53)51-17-7-8-29(51)36-45-33(34(41)48-36)26-15-11-24(12-16-26)23-9-13-25(14-10-23)28-19-43-35(44-28)30-18-27(49-50-42)20-52(30)38(54)32(22(3)4)47-40(56)58-6/h9-16,19,21-22,27,29-32H,7-8,17-18,20H2,1-6H3,(H,43,44)(H,45,48)(H,46,55)(H,47,56)/t27-,29-,30-,31-,32-/m0/s1. The molecule has 4 amide bonds. The van der Waals surface area contributed by atoms with Gasteiger partial charge in [0.15, 0.2) is 5.15 Å². The topological polar surface area (TPSA) is 223 Å². The fraction of sp³-hybridized carbons (Fsp3) is 0.450. The molecule has 2 aromatic carbocycles. The Morgan fingerprint density at radius 1 is 0.828 bits per heavy atom. The number of halogens is 1. The lowest BCUT2D eigenvalue weighted by atomic mass is 10.0. The molecule has 0 bridgehead atoms. The number of azide groups is 1. The Bertz CT molecular complexity index is 2160. The van der Waals surface area contributed by atoms with E-state index in [-0.39, 0.29) is 36.2 Å². The van der Waals surface area contributed by atoms with E-state index in [4.69, 9.17) is 26.6 Å². The van der Waals surface area contributed by atoms with Crippen molar-refractivity contribution in [3.05, 3.63) is 82.0 Å². The highest BCUT2D eigenvalue weighted by Crippen LogP contribution is 2.37. The average Bonchev–Trinajstić information content (AvgIpc) is 4.05. The van der Waals surface area contributed by atoms with E-state index in [0.29, 0.717) is 41.9 Å². The lowest BCUT2D eigenvalue weighted by molar-refractivity contribution is -0.136. The number of H-pyrrole nitrogens is 2. The second-order valence-corrected chi connectivity index (χ2v) is 15.5. The third-order valence-corrected chi connectivity index (χ3v) is 11.0. The maximum absolute atomic E-state index is 13.7. The van der Waals surface area contributed by atoms with Gasteiger partial charge in [-0.15, -0.1) is 0 Å². The van der Waals surface area contributed by atoms with Crippen LogP contribution in [0.4, 0.5) is 9.59 Å². The number of nitrogens with one attached hydrogen (secondary N) is 4. The van der Waals surface area contributed by atoms with Crippen LogP contribution in [0.2, 0.25) is 5.15 Å². The lowest BCUT2D eigenvalue weighted by Gasteiger charge is -2.30. The average molecular weight is 814 g/mol. The van der Waals surface area contributed by atoms with Gasteiger partial charge < -0.3 is 39.9 Å². The molecule has 2 aromatic heterocycles. The fourth-order valence-electron chi connectivity index (χ4n) is 7.59. The Morgan fingerprint density at radius 3 is 1.93 bits per heavy atom. The third-order valence-electron chi connectivity index (χ3n) is 10.7. The molecule has 0 radical (unpaired) electrons. The van der Waals surface area contributed by atoms with Gasteiger partial charge in [-0.2, -0.15) is 0 Å². The molecule has 2 aliphatic rings. The Balaban J connectivity index is 1.15. The Hall–Kier alpha value is -6.06. The van der Waals surface area contributed by atoms with E-state index in [1.807, 2.05) is 76.2 Å². The van der Waals surface area contributed by atoms with Crippen molar-refractivity contribution < 1.29 is 28.7 Å². The fourth-order valence-corrected chi connectivity index (χ4v) is 7.83. The minimum atomic E-state index is -0.841. The quantitative estimate of drug-likeness (QED) is 0.0651. The van der Waals surface area contributed by atoms with Crippen molar-refractivity contribution in [2.45, 2.75) is 77.2 Å². The SMILES string of the molecule is COC(=O)N[C@H](C(=O)N1C[C@@H](N=[N+]=[N-])C[C@H]1c1ncc(-c2ccc(-c3ccc(-c4[nH]c([C@@H]5CCCN5C(=O)[C@@H](NC(=O)OC)C(C)C)nc4Cl)cc3)cc2)[nH]1)C(C)C. The van der Waals surface area contributed by atoms with Gasteiger partial charge in [0, 0.05) is 23.6 Å². The van der Waals surface area contributed by atoms with Crippen LogP contribution in [0.15, 0.2) is 59.8 Å². The first-order valence-electron chi connectivity index (χ1n) is 19.2. The summed E-state index contributed by atoms with van der Waals surface area (Å²) >= 11 is 6.67. The van der Waals surface area contributed by atoms with Gasteiger partial charge in [-0.3, -0.25) is 9.59 Å². The number of ether oxygens (including phenoxy) is 2. The first kappa shape index (κ1) is 41.6. The summed E-state index contributed by atoms with van der Waals surface area (Å²) < 4.78 is 9.49. The number of rotatable bonds is 12. The number of likely N-dealkylation sites (tertiary alicyclic amines) is 2. The van der Waals surface area contributed by atoms with Crippen molar-refractivity contribution in [1.82, 2.24) is 40.4 Å². The molecule has 18 heteroatoms. The first-order valence-corrected chi connectivity index (χ1v) is 19.6. The van der Waals surface area contributed by atoms with Crippen LogP contribution in [0.5, 0.6) is 0 Å². The number of amides is 4. The number of imidazole rings is 2. The summed E-state index contributed by atoms with van der Waals surface area (Å²) in [5, 5.41) is 9.49. The van der Waals surface area contributed by atoms with Crippen LogP contribution in [0.1, 0.15) is 70.7 Å². The Kier molecular flexibility index (Phi) is 12.9.